The van der Waals surface area contributed by atoms with Crippen molar-refractivity contribution in [3.8, 4) is 0 Å². The van der Waals surface area contributed by atoms with E-state index in [1.54, 1.807) is 6.08 Å². The maximum absolute atomic E-state index is 10.5. The van der Waals surface area contributed by atoms with Gasteiger partial charge in [0.15, 0.2) is 0 Å². The lowest BCUT2D eigenvalue weighted by Crippen LogP contribution is -2.32. The highest BCUT2D eigenvalue weighted by molar-refractivity contribution is 5.85. The maximum atomic E-state index is 10.5. The maximum Gasteiger partial charge on any atom is 0.328 e. The fourth-order valence-electron chi connectivity index (χ4n) is 2.44. The summed E-state index contributed by atoms with van der Waals surface area (Å²) in [6.07, 6.45) is 5.38. The molecule has 1 aliphatic rings. The summed E-state index contributed by atoms with van der Waals surface area (Å²) >= 11 is 0. The first-order valence-electron chi connectivity index (χ1n) is 6.86. The average molecular weight is 259 g/mol. The molecule has 19 heavy (non-hydrogen) atoms. The van der Waals surface area contributed by atoms with Crippen LogP contribution < -0.4 is 0 Å². The van der Waals surface area contributed by atoms with Crippen molar-refractivity contribution in [2.75, 3.05) is 13.1 Å². The van der Waals surface area contributed by atoms with Gasteiger partial charge in [-0.05, 0) is 49.1 Å². The van der Waals surface area contributed by atoms with E-state index in [1.165, 1.54) is 24.5 Å². The highest BCUT2D eigenvalue weighted by Crippen LogP contribution is 2.18. The summed E-state index contributed by atoms with van der Waals surface area (Å²) in [5, 5.41) is 8.63. The van der Waals surface area contributed by atoms with Crippen molar-refractivity contribution in [3.05, 3.63) is 41.5 Å². The number of carboxylic acid groups (broad SMARTS) is 1. The molecule has 0 amide bonds. The topological polar surface area (TPSA) is 40.5 Å². The van der Waals surface area contributed by atoms with Gasteiger partial charge in [-0.1, -0.05) is 31.2 Å². The average Bonchev–Trinajstić information content (AvgIpc) is 2.40. The number of rotatable bonds is 4. The number of carbonyl (C=O) groups is 1. The van der Waals surface area contributed by atoms with Gasteiger partial charge in [0.25, 0.3) is 0 Å². The highest BCUT2D eigenvalue weighted by atomic mass is 16.4. The second-order valence-electron chi connectivity index (χ2n) is 5.38. The Morgan fingerprint density at radius 2 is 2.16 bits per heavy atom. The van der Waals surface area contributed by atoms with Crippen molar-refractivity contribution in [1.82, 2.24) is 4.90 Å². The second-order valence-corrected chi connectivity index (χ2v) is 5.38. The van der Waals surface area contributed by atoms with E-state index in [4.69, 9.17) is 5.11 Å². The van der Waals surface area contributed by atoms with Crippen LogP contribution in [0.4, 0.5) is 0 Å². The summed E-state index contributed by atoms with van der Waals surface area (Å²) in [6, 6.07) is 8.10. The smallest absolute Gasteiger partial charge is 0.328 e. The van der Waals surface area contributed by atoms with Gasteiger partial charge >= 0.3 is 5.97 Å². The molecule has 1 saturated heterocycles. The predicted molar refractivity (Wildman–Crippen MR) is 76.8 cm³/mol. The quantitative estimate of drug-likeness (QED) is 0.845. The SMILES string of the molecule is CC1CCN(Cc2cccc(/C=C/C(=O)O)c2)CC1. The van der Waals surface area contributed by atoms with Crippen LogP contribution in [0.1, 0.15) is 30.9 Å². The third-order valence-corrected chi connectivity index (χ3v) is 3.65. The molecule has 2 rings (SSSR count). The van der Waals surface area contributed by atoms with Gasteiger partial charge in [-0.15, -0.1) is 0 Å². The molecule has 1 heterocycles. The van der Waals surface area contributed by atoms with E-state index in [2.05, 4.69) is 24.0 Å². The molecular formula is C16H21NO2. The molecular weight excluding hydrogens is 238 g/mol. The summed E-state index contributed by atoms with van der Waals surface area (Å²) in [4.78, 5) is 13.0. The van der Waals surface area contributed by atoms with Gasteiger partial charge in [-0.3, -0.25) is 4.90 Å². The minimum atomic E-state index is -0.907. The summed E-state index contributed by atoms with van der Waals surface area (Å²) in [7, 11) is 0. The molecule has 0 saturated carbocycles. The molecule has 1 fully saturated rings. The Morgan fingerprint density at radius 1 is 1.42 bits per heavy atom. The van der Waals surface area contributed by atoms with Crippen molar-refractivity contribution < 1.29 is 9.90 Å². The third kappa shape index (κ3) is 4.52. The Labute approximate surface area is 114 Å². The fraction of sp³-hybridized carbons (Fsp3) is 0.438. The predicted octanol–water partition coefficient (Wildman–Crippen LogP) is 3.02. The molecule has 3 heteroatoms. The minimum Gasteiger partial charge on any atom is -0.478 e. The zero-order valence-corrected chi connectivity index (χ0v) is 11.4. The van der Waals surface area contributed by atoms with Crippen molar-refractivity contribution in [2.24, 2.45) is 5.92 Å². The summed E-state index contributed by atoms with van der Waals surface area (Å²) < 4.78 is 0. The first kappa shape index (κ1) is 13.8. The molecule has 0 aromatic heterocycles. The molecule has 0 aliphatic carbocycles. The number of carboxylic acids is 1. The van der Waals surface area contributed by atoms with Crippen LogP contribution in [-0.4, -0.2) is 29.1 Å². The number of likely N-dealkylation sites (tertiary alicyclic amines) is 1. The molecule has 0 spiro atoms. The molecule has 1 aromatic rings. The van der Waals surface area contributed by atoms with Crippen molar-refractivity contribution >= 4 is 12.0 Å². The number of nitrogens with zero attached hydrogens (tertiary/aromatic N) is 1. The molecule has 1 N–H and O–H groups in total. The second kappa shape index (κ2) is 6.53. The highest BCUT2D eigenvalue weighted by Gasteiger charge is 2.15. The van der Waals surface area contributed by atoms with Crippen LogP contribution >= 0.6 is 0 Å². The Hall–Kier alpha value is -1.61. The van der Waals surface area contributed by atoms with Crippen LogP contribution in [0.25, 0.3) is 6.08 Å². The number of piperidine rings is 1. The van der Waals surface area contributed by atoms with Crippen LogP contribution in [0.5, 0.6) is 0 Å². The van der Waals surface area contributed by atoms with Crippen LogP contribution in [0.15, 0.2) is 30.3 Å². The van der Waals surface area contributed by atoms with Crippen LogP contribution in [0.2, 0.25) is 0 Å². The number of hydrogen-bond acceptors (Lipinski definition) is 2. The lowest BCUT2D eigenvalue weighted by molar-refractivity contribution is -0.131. The van der Waals surface area contributed by atoms with Crippen LogP contribution in [0.3, 0.4) is 0 Å². The van der Waals surface area contributed by atoms with Crippen molar-refractivity contribution in [1.29, 1.82) is 0 Å². The Kier molecular flexibility index (Phi) is 4.74. The first-order chi connectivity index (χ1) is 9.13. The van der Waals surface area contributed by atoms with E-state index in [0.29, 0.717) is 0 Å². The normalized spacial score (nSPS) is 17.9. The van der Waals surface area contributed by atoms with E-state index in [-0.39, 0.29) is 0 Å². The van der Waals surface area contributed by atoms with Gasteiger partial charge in [0.2, 0.25) is 0 Å². The van der Waals surface area contributed by atoms with E-state index in [9.17, 15) is 4.79 Å². The lowest BCUT2D eigenvalue weighted by Gasteiger charge is -2.30. The van der Waals surface area contributed by atoms with Crippen LogP contribution in [-0.2, 0) is 11.3 Å². The fourth-order valence-corrected chi connectivity index (χ4v) is 2.44. The van der Waals surface area contributed by atoms with Crippen molar-refractivity contribution in [2.45, 2.75) is 26.3 Å². The number of hydrogen-bond donors (Lipinski definition) is 1. The van der Waals surface area contributed by atoms with Gasteiger partial charge < -0.3 is 5.11 Å². The zero-order valence-electron chi connectivity index (χ0n) is 11.4. The van der Waals surface area contributed by atoms with Crippen molar-refractivity contribution in [3.63, 3.8) is 0 Å². The Balaban J connectivity index is 1.97. The largest absolute Gasteiger partial charge is 0.478 e. The molecule has 102 valence electrons. The van der Waals surface area contributed by atoms with Crippen LogP contribution in [0, 0.1) is 5.92 Å². The molecule has 3 nitrogen and oxygen atoms in total. The van der Waals surface area contributed by atoms with E-state index >= 15 is 0 Å². The number of aliphatic carboxylic acids is 1. The summed E-state index contributed by atoms with van der Waals surface area (Å²) in [5.41, 5.74) is 2.20. The minimum absolute atomic E-state index is 0.848. The summed E-state index contributed by atoms with van der Waals surface area (Å²) in [6.45, 7) is 5.60. The van der Waals surface area contributed by atoms with E-state index in [1.807, 2.05) is 12.1 Å². The molecule has 1 aromatic carbocycles. The summed E-state index contributed by atoms with van der Waals surface area (Å²) in [5.74, 6) is -0.0588. The zero-order chi connectivity index (χ0) is 13.7. The molecule has 1 aliphatic heterocycles. The Morgan fingerprint density at radius 3 is 2.84 bits per heavy atom. The van der Waals surface area contributed by atoms with Gasteiger partial charge in [0.05, 0.1) is 0 Å². The molecule has 0 bridgehead atoms. The van der Waals surface area contributed by atoms with Gasteiger partial charge in [0.1, 0.15) is 0 Å². The monoisotopic (exact) mass is 259 g/mol. The van der Waals surface area contributed by atoms with Gasteiger partial charge in [0, 0.05) is 12.6 Å². The molecule has 0 unspecified atom stereocenters. The van der Waals surface area contributed by atoms with E-state index < -0.39 is 5.97 Å². The standard InChI is InChI=1S/C16H21NO2/c1-13-7-9-17(10-8-13)12-15-4-2-3-14(11-15)5-6-16(18)19/h2-6,11,13H,7-10,12H2,1H3,(H,18,19)/b6-5+. The molecule has 0 radical (unpaired) electrons. The van der Waals surface area contributed by atoms with Gasteiger partial charge in [-0.2, -0.15) is 0 Å². The van der Waals surface area contributed by atoms with Gasteiger partial charge in [-0.25, -0.2) is 4.79 Å². The lowest BCUT2D eigenvalue weighted by atomic mass is 9.98. The Bertz CT molecular complexity index is 460. The third-order valence-electron chi connectivity index (χ3n) is 3.65. The molecule has 0 atom stereocenters. The number of benzene rings is 1. The van der Waals surface area contributed by atoms with E-state index in [0.717, 1.165) is 31.1 Å². The first-order valence-corrected chi connectivity index (χ1v) is 6.86.